The number of sulfonamides is 1. The number of benzene rings is 1. The largest absolute Gasteiger partial charge is 0.491 e. The molecule has 3 aliphatic carbocycles. The number of anilines is 1. The average molecular weight is 615 g/mol. The van der Waals surface area contributed by atoms with E-state index in [1.807, 2.05) is 31.2 Å². The first kappa shape index (κ1) is 29.8. The van der Waals surface area contributed by atoms with Crippen LogP contribution in [0.15, 0.2) is 53.1 Å². The highest BCUT2D eigenvalue weighted by molar-refractivity contribution is 7.90. The van der Waals surface area contributed by atoms with Gasteiger partial charge in [0.25, 0.3) is 5.91 Å². The van der Waals surface area contributed by atoms with Crippen LogP contribution in [-0.4, -0.2) is 50.5 Å². The summed E-state index contributed by atoms with van der Waals surface area (Å²) < 4.78 is 36.1. The van der Waals surface area contributed by atoms with Crippen molar-refractivity contribution in [3.8, 4) is 5.75 Å². The quantitative estimate of drug-likeness (QED) is 0.380. The molecule has 6 rings (SSSR count). The first-order valence-electron chi connectivity index (χ1n) is 15.7. The van der Waals surface area contributed by atoms with E-state index in [9.17, 15) is 18.3 Å². The topological polar surface area (TPSA) is 95.9 Å². The standard InChI is InChI=1S/C33H43ClN2O5S/c1-21-5-4-7-30(37)28-14-11-25(28)19-36-16-3-2-6-23-17-27(34)13-10-26(23)20-41-31-15-12-24(18-29(31)36)33(38)35-42(39,40)32(21)22-8-9-22/h4,7,12-13,15,17-18,21-22,25-26,28,30,32,37H,2-3,5-6,8-11,14,16,19-20H2,1H3,(H,35,38)/b7-4+/t21-,25+,26?,28-,30+,32-/m1/s1. The van der Waals surface area contributed by atoms with Gasteiger partial charge in [-0.15, -0.1) is 0 Å². The molecule has 2 heterocycles. The zero-order chi connectivity index (χ0) is 29.4. The Balaban J connectivity index is 1.36. The summed E-state index contributed by atoms with van der Waals surface area (Å²) in [6, 6.07) is 5.29. The number of fused-ring (bicyclic) bond motifs is 3. The van der Waals surface area contributed by atoms with Gasteiger partial charge in [0.15, 0.2) is 0 Å². The minimum Gasteiger partial charge on any atom is -0.491 e. The second-order valence-corrected chi connectivity index (χ2v) is 15.3. The minimum absolute atomic E-state index is 0.0540. The lowest BCUT2D eigenvalue weighted by Gasteiger charge is -2.42. The van der Waals surface area contributed by atoms with Crippen molar-refractivity contribution in [2.24, 2.45) is 29.6 Å². The van der Waals surface area contributed by atoms with Gasteiger partial charge in [-0.3, -0.25) is 4.79 Å². The van der Waals surface area contributed by atoms with Crippen LogP contribution in [0, 0.1) is 29.6 Å². The van der Waals surface area contributed by atoms with Crippen molar-refractivity contribution in [2.45, 2.75) is 76.1 Å². The van der Waals surface area contributed by atoms with Gasteiger partial charge in [0.2, 0.25) is 10.0 Å². The highest BCUT2D eigenvalue weighted by atomic mass is 35.5. The third-order valence-corrected chi connectivity index (χ3v) is 12.3. The van der Waals surface area contributed by atoms with Crippen molar-refractivity contribution in [1.82, 2.24) is 4.72 Å². The van der Waals surface area contributed by atoms with Crippen LogP contribution in [0.2, 0.25) is 0 Å². The van der Waals surface area contributed by atoms with Crippen LogP contribution < -0.4 is 14.4 Å². The van der Waals surface area contributed by atoms with Gasteiger partial charge in [-0.25, -0.2) is 13.1 Å². The molecule has 1 aromatic carbocycles. The molecule has 2 fully saturated rings. The Labute approximate surface area is 255 Å². The second-order valence-electron chi connectivity index (χ2n) is 13.0. The number of aliphatic hydroxyl groups excluding tert-OH is 1. The fraction of sp³-hybridized carbons (Fsp3) is 0.606. The average Bonchev–Trinajstić information content (AvgIpc) is 3.75. The van der Waals surface area contributed by atoms with Crippen LogP contribution in [-0.2, 0) is 10.0 Å². The zero-order valence-electron chi connectivity index (χ0n) is 24.4. The van der Waals surface area contributed by atoms with Gasteiger partial charge in [0.05, 0.1) is 23.6 Å². The van der Waals surface area contributed by atoms with E-state index in [1.54, 1.807) is 12.1 Å². The van der Waals surface area contributed by atoms with E-state index < -0.39 is 27.3 Å². The number of halogens is 1. The van der Waals surface area contributed by atoms with Crippen molar-refractivity contribution in [2.75, 3.05) is 24.6 Å². The highest BCUT2D eigenvalue weighted by Crippen LogP contribution is 2.43. The van der Waals surface area contributed by atoms with Crippen molar-refractivity contribution in [1.29, 1.82) is 0 Å². The first-order chi connectivity index (χ1) is 20.2. The van der Waals surface area contributed by atoms with E-state index >= 15 is 0 Å². The summed E-state index contributed by atoms with van der Waals surface area (Å²) in [6.07, 6.45) is 15.4. The smallest absolute Gasteiger partial charge is 0.264 e. The molecule has 2 N–H and O–H groups in total. The molecule has 9 heteroatoms. The number of amides is 1. The van der Waals surface area contributed by atoms with Gasteiger partial charge in [0.1, 0.15) is 5.75 Å². The molecule has 7 nitrogen and oxygen atoms in total. The molecule has 2 saturated carbocycles. The number of rotatable bonds is 1. The summed E-state index contributed by atoms with van der Waals surface area (Å²) in [7, 11) is -3.90. The molecule has 42 heavy (non-hydrogen) atoms. The lowest BCUT2D eigenvalue weighted by molar-refractivity contribution is 0.0461. The monoisotopic (exact) mass is 614 g/mol. The molecule has 228 valence electrons. The van der Waals surface area contributed by atoms with Gasteiger partial charge in [-0.1, -0.05) is 42.3 Å². The SMILES string of the molecule is C[C@@H]1C/C=C/[C@H](O)[C@@H]2CC[C@H]2CN2CCCCC3=CC(Cl)=CCC3COc3ccc(cc32)C(=O)NS(=O)(=O)[C@H]1C1CC1. The molecule has 6 atom stereocenters. The Bertz CT molecular complexity index is 1380. The molecule has 1 aromatic rings. The third-order valence-electron chi connectivity index (χ3n) is 10.0. The van der Waals surface area contributed by atoms with E-state index in [0.717, 1.165) is 75.2 Å². The van der Waals surface area contributed by atoms with Gasteiger partial charge in [-0.05, 0) is 106 Å². The second kappa shape index (κ2) is 12.4. The number of nitrogens with zero attached hydrogens (tertiary/aromatic N) is 1. The summed E-state index contributed by atoms with van der Waals surface area (Å²) in [6.45, 7) is 3.96. The molecule has 5 aliphatic rings. The van der Waals surface area contributed by atoms with E-state index in [1.165, 1.54) is 5.57 Å². The predicted octanol–water partition coefficient (Wildman–Crippen LogP) is 5.95. The Morgan fingerprint density at radius 3 is 2.67 bits per heavy atom. The summed E-state index contributed by atoms with van der Waals surface area (Å²) in [4.78, 5) is 15.8. The van der Waals surface area contributed by atoms with E-state index in [-0.39, 0.29) is 23.7 Å². The van der Waals surface area contributed by atoms with Crippen LogP contribution in [0.25, 0.3) is 0 Å². The highest BCUT2D eigenvalue weighted by Gasteiger charge is 2.44. The maximum absolute atomic E-state index is 13.6. The van der Waals surface area contributed by atoms with E-state index in [0.29, 0.717) is 30.3 Å². The molecule has 1 amide bonds. The first-order valence-corrected chi connectivity index (χ1v) is 17.6. The predicted molar refractivity (Wildman–Crippen MR) is 166 cm³/mol. The number of hydrogen-bond donors (Lipinski definition) is 2. The fourth-order valence-electron chi connectivity index (χ4n) is 7.34. The van der Waals surface area contributed by atoms with Crippen LogP contribution in [0.3, 0.4) is 0 Å². The van der Waals surface area contributed by atoms with Gasteiger partial charge in [0, 0.05) is 29.6 Å². The number of carbonyl (C=O) groups is 1. The van der Waals surface area contributed by atoms with Crippen molar-refractivity contribution in [3.05, 3.63) is 58.7 Å². The lowest BCUT2D eigenvalue weighted by atomic mass is 9.70. The minimum atomic E-state index is -3.90. The Hall–Kier alpha value is -2.29. The number of nitrogens with one attached hydrogen (secondary N) is 1. The van der Waals surface area contributed by atoms with Crippen LogP contribution in [0.4, 0.5) is 5.69 Å². The Morgan fingerprint density at radius 2 is 1.90 bits per heavy atom. The van der Waals surface area contributed by atoms with Crippen LogP contribution in [0.1, 0.15) is 75.1 Å². The molecular formula is C33H43ClN2O5S. The Kier molecular flexibility index (Phi) is 8.77. The number of ether oxygens (including phenoxy) is 1. The van der Waals surface area contributed by atoms with Crippen molar-refractivity contribution >= 4 is 33.2 Å². The van der Waals surface area contributed by atoms with Crippen LogP contribution in [0.5, 0.6) is 5.75 Å². The van der Waals surface area contributed by atoms with Gasteiger partial charge < -0.3 is 14.7 Å². The van der Waals surface area contributed by atoms with Gasteiger partial charge >= 0.3 is 0 Å². The van der Waals surface area contributed by atoms with Crippen molar-refractivity contribution in [3.63, 3.8) is 0 Å². The number of allylic oxidation sites excluding steroid dienone is 4. The number of aliphatic hydroxyl groups is 1. The summed E-state index contributed by atoms with van der Waals surface area (Å²) >= 11 is 6.36. The number of hydrogen-bond acceptors (Lipinski definition) is 6. The lowest BCUT2D eigenvalue weighted by Crippen LogP contribution is -2.44. The molecule has 1 unspecified atom stereocenters. The van der Waals surface area contributed by atoms with Gasteiger partial charge in [-0.2, -0.15) is 0 Å². The summed E-state index contributed by atoms with van der Waals surface area (Å²) in [5, 5.41) is 11.3. The Morgan fingerprint density at radius 1 is 1.10 bits per heavy atom. The van der Waals surface area contributed by atoms with Crippen LogP contribution >= 0.6 is 11.6 Å². The summed E-state index contributed by atoms with van der Waals surface area (Å²) in [5.74, 6) is 0.695. The molecule has 2 aliphatic heterocycles. The molecule has 0 spiro atoms. The summed E-state index contributed by atoms with van der Waals surface area (Å²) in [5.41, 5.74) is 2.44. The maximum Gasteiger partial charge on any atom is 0.264 e. The molecule has 0 saturated heterocycles. The number of carbonyl (C=O) groups excluding carboxylic acids is 1. The third kappa shape index (κ3) is 6.46. The molecular weight excluding hydrogens is 572 g/mol. The van der Waals surface area contributed by atoms with E-state index in [4.69, 9.17) is 16.3 Å². The molecule has 0 aromatic heterocycles. The normalized spacial score (nSPS) is 34.5. The maximum atomic E-state index is 13.6. The fourth-order valence-corrected chi connectivity index (χ4v) is 9.58. The van der Waals surface area contributed by atoms with E-state index in [2.05, 4.69) is 15.7 Å². The zero-order valence-corrected chi connectivity index (χ0v) is 26.0. The molecule has 2 bridgehead atoms. The molecule has 0 radical (unpaired) electrons. The van der Waals surface area contributed by atoms with Crippen molar-refractivity contribution < 1.29 is 23.1 Å².